The molecule has 2 aromatic carbocycles. The number of anilines is 3. The molecule has 31 heavy (non-hydrogen) atoms. The summed E-state index contributed by atoms with van der Waals surface area (Å²) in [5, 5.41) is 3.02. The molecule has 1 atom stereocenters. The Balaban J connectivity index is 1.45. The lowest BCUT2D eigenvalue weighted by molar-refractivity contribution is -0.122. The summed E-state index contributed by atoms with van der Waals surface area (Å²) < 4.78 is 10.8. The highest BCUT2D eigenvalue weighted by molar-refractivity contribution is 6.04. The third-order valence-electron chi connectivity index (χ3n) is 5.97. The molecule has 164 valence electrons. The van der Waals surface area contributed by atoms with Crippen LogP contribution in [0.5, 0.6) is 5.75 Å². The van der Waals surface area contributed by atoms with Gasteiger partial charge in [0.1, 0.15) is 5.75 Å². The lowest BCUT2D eigenvalue weighted by Crippen LogP contribution is -2.36. The van der Waals surface area contributed by atoms with E-state index in [-0.39, 0.29) is 18.2 Å². The fourth-order valence-electron chi connectivity index (χ4n) is 4.17. The maximum absolute atomic E-state index is 12.9. The molecule has 2 aromatic rings. The van der Waals surface area contributed by atoms with Gasteiger partial charge in [0.2, 0.25) is 11.8 Å². The van der Waals surface area contributed by atoms with Gasteiger partial charge in [-0.3, -0.25) is 9.59 Å². The van der Waals surface area contributed by atoms with E-state index in [1.807, 2.05) is 44.2 Å². The fourth-order valence-corrected chi connectivity index (χ4v) is 4.17. The monoisotopic (exact) mass is 423 g/mol. The van der Waals surface area contributed by atoms with Crippen LogP contribution in [-0.2, 0) is 14.3 Å². The molecular formula is C24H29N3O4. The van der Waals surface area contributed by atoms with Crippen LogP contribution >= 0.6 is 0 Å². The summed E-state index contributed by atoms with van der Waals surface area (Å²) in [4.78, 5) is 29.6. The summed E-state index contributed by atoms with van der Waals surface area (Å²) in [7, 11) is 1.59. The van der Waals surface area contributed by atoms with E-state index in [2.05, 4.69) is 16.3 Å². The highest BCUT2D eigenvalue weighted by atomic mass is 16.5. The van der Waals surface area contributed by atoms with Crippen molar-refractivity contribution in [1.82, 2.24) is 0 Å². The number of ether oxygens (including phenoxy) is 2. The number of amides is 2. The van der Waals surface area contributed by atoms with E-state index in [4.69, 9.17) is 9.47 Å². The van der Waals surface area contributed by atoms with Crippen LogP contribution < -0.4 is 19.9 Å². The first-order valence-corrected chi connectivity index (χ1v) is 10.7. The summed E-state index contributed by atoms with van der Waals surface area (Å²) in [5.74, 6) is 0.0266. The number of morpholine rings is 1. The zero-order valence-electron chi connectivity index (χ0n) is 18.3. The highest BCUT2D eigenvalue weighted by Crippen LogP contribution is 2.34. The molecule has 0 bridgehead atoms. The maximum Gasteiger partial charge on any atom is 0.229 e. The van der Waals surface area contributed by atoms with Crippen molar-refractivity contribution in [1.29, 1.82) is 0 Å². The molecule has 0 saturated carbocycles. The minimum atomic E-state index is -0.406. The first-order valence-electron chi connectivity index (χ1n) is 10.7. The number of benzene rings is 2. The first-order chi connectivity index (χ1) is 15.0. The van der Waals surface area contributed by atoms with Crippen LogP contribution in [0.4, 0.5) is 17.1 Å². The highest BCUT2D eigenvalue weighted by Gasteiger charge is 2.36. The van der Waals surface area contributed by atoms with Gasteiger partial charge >= 0.3 is 0 Å². The molecule has 2 saturated heterocycles. The third-order valence-corrected chi connectivity index (χ3v) is 5.97. The van der Waals surface area contributed by atoms with Crippen molar-refractivity contribution in [2.24, 2.45) is 5.92 Å². The Bertz CT molecular complexity index is 985. The van der Waals surface area contributed by atoms with Crippen LogP contribution in [0, 0.1) is 19.8 Å². The van der Waals surface area contributed by atoms with Gasteiger partial charge in [-0.05, 0) is 55.3 Å². The molecule has 1 unspecified atom stereocenters. The Kier molecular flexibility index (Phi) is 6.13. The Morgan fingerprint density at radius 3 is 2.61 bits per heavy atom. The Morgan fingerprint density at radius 1 is 1.13 bits per heavy atom. The first kappa shape index (κ1) is 21.2. The van der Waals surface area contributed by atoms with Crippen molar-refractivity contribution in [2.75, 3.05) is 55.1 Å². The largest absolute Gasteiger partial charge is 0.495 e. The van der Waals surface area contributed by atoms with E-state index in [9.17, 15) is 9.59 Å². The molecular weight excluding hydrogens is 394 g/mol. The molecule has 2 aliphatic heterocycles. The molecule has 0 aromatic heterocycles. The maximum atomic E-state index is 12.9. The molecule has 0 radical (unpaired) electrons. The lowest BCUT2D eigenvalue weighted by Gasteiger charge is -2.29. The van der Waals surface area contributed by atoms with Crippen LogP contribution in [0.1, 0.15) is 17.5 Å². The summed E-state index contributed by atoms with van der Waals surface area (Å²) in [6.07, 6.45) is 0.188. The van der Waals surface area contributed by atoms with Crippen molar-refractivity contribution < 1.29 is 19.1 Å². The number of nitrogens with zero attached hydrogens (tertiary/aromatic N) is 2. The zero-order valence-corrected chi connectivity index (χ0v) is 18.3. The molecule has 7 nitrogen and oxygen atoms in total. The van der Waals surface area contributed by atoms with Gasteiger partial charge in [-0.1, -0.05) is 6.07 Å². The van der Waals surface area contributed by atoms with E-state index < -0.39 is 5.92 Å². The summed E-state index contributed by atoms with van der Waals surface area (Å²) in [6.45, 7) is 7.50. The number of rotatable bonds is 5. The second-order valence-electron chi connectivity index (χ2n) is 8.17. The molecule has 2 heterocycles. The molecule has 0 spiro atoms. The van der Waals surface area contributed by atoms with Crippen molar-refractivity contribution in [3.63, 3.8) is 0 Å². The van der Waals surface area contributed by atoms with Crippen molar-refractivity contribution in [3.05, 3.63) is 47.5 Å². The van der Waals surface area contributed by atoms with Crippen molar-refractivity contribution in [2.45, 2.75) is 20.3 Å². The number of methoxy groups -OCH3 is 1. The Hall–Kier alpha value is -3.06. The van der Waals surface area contributed by atoms with E-state index in [1.54, 1.807) is 12.0 Å². The number of hydrogen-bond donors (Lipinski definition) is 1. The fraction of sp³-hybridized carbons (Fsp3) is 0.417. The van der Waals surface area contributed by atoms with Crippen molar-refractivity contribution >= 4 is 28.9 Å². The number of aryl methyl sites for hydroxylation is 2. The van der Waals surface area contributed by atoms with Gasteiger partial charge in [0, 0.05) is 37.4 Å². The summed E-state index contributed by atoms with van der Waals surface area (Å²) >= 11 is 0. The topological polar surface area (TPSA) is 71.1 Å². The molecule has 4 rings (SSSR count). The van der Waals surface area contributed by atoms with E-state index in [1.165, 1.54) is 0 Å². The normalized spacial score (nSPS) is 18.9. The van der Waals surface area contributed by atoms with Gasteiger partial charge in [-0.15, -0.1) is 0 Å². The Labute approximate surface area is 182 Å². The number of nitrogens with one attached hydrogen (secondary N) is 1. The van der Waals surface area contributed by atoms with E-state index >= 15 is 0 Å². The molecule has 0 aliphatic carbocycles. The predicted octanol–water partition coefficient (Wildman–Crippen LogP) is 3.14. The SMILES string of the molecule is COc1ccc(C)cc1N1CC(C(=O)Nc2ccc(N3CCOCC3)cc2C)CC1=O. The summed E-state index contributed by atoms with van der Waals surface area (Å²) in [5.41, 5.74) is 4.66. The van der Waals surface area contributed by atoms with Gasteiger partial charge < -0.3 is 24.6 Å². The smallest absolute Gasteiger partial charge is 0.229 e. The predicted molar refractivity (Wildman–Crippen MR) is 121 cm³/mol. The molecule has 1 N–H and O–H groups in total. The van der Waals surface area contributed by atoms with Crippen LogP contribution in [0.15, 0.2) is 36.4 Å². The number of carbonyl (C=O) groups excluding carboxylic acids is 2. The second kappa shape index (κ2) is 8.98. The molecule has 2 amide bonds. The minimum Gasteiger partial charge on any atom is -0.495 e. The van der Waals surface area contributed by atoms with Gasteiger partial charge in [-0.2, -0.15) is 0 Å². The van der Waals surface area contributed by atoms with Gasteiger partial charge in [0.25, 0.3) is 0 Å². The molecule has 7 heteroatoms. The van der Waals surface area contributed by atoms with Gasteiger partial charge in [-0.25, -0.2) is 0 Å². The van der Waals surface area contributed by atoms with Crippen LogP contribution in [0.3, 0.4) is 0 Å². The van der Waals surface area contributed by atoms with E-state index in [0.717, 1.165) is 48.8 Å². The van der Waals surface area contributed by atoms with E-state index in [0.29, 0.717) is 18.0 Å². The average molecular weight is 424 g/mol. The van der Waals surface area contributed by atoms with Crippen LogP contribution in [0.2, 0.25) is 0 Å². The van der Waals surface area contributed by atoms with Crippen LogP contribution in [-0.4, -0.2) is 51.8 Å². The third kappa shape index (κ3) is 4.51. The van der Waals surface area contributed by atoms with Crippen molar-refractivity contribution in [3.8, 4) is 5.75 Å². The quantitative estimate of drug-likeness (QED) is 0.800. The average Bonchev–Trinajstić information content (AvgIpc) is 3.17. The lowest BCUT2D eigenvalue weighted by atomic mass is 10.1. The molecule has 2 aliphatic rings. The van der Waals surface area contributed by atoms with Gasteiger partial charge in [0.05, 0.1) is 31.9 Å². The number of hydrogen-bond acceptors (Lipinski definition) is 5. The molecule has 2 fully saturated rings. The standard InChI is InChI=1S/C24H29N3O4/c1-16-4-7-22(30-3)21(12-16)27-15-18(14-23(27)28)24(29)25-20-6-5-19(13-17(20)2)26-8-10-31-11-9-26/h4-7,12-13,18H,8-11,14-15H2,1-3H3,(H,25,29). The Morgan fingerprint density at radius 2 is 1.90 bits per heavy atom. The van der Waals surface area contributed by atoms with Gasteiger partial charge in [0.15, 0.2) is 0 Å². The minimum absolute atomic E-state index is 0.0663. The van der Waals surface area contributed by atoms with Crippen LogP contribution in [0.25, 0.3) is 0 Å². The summed E-state index contributed by atoms with van der Waals surface area (Å²) in [6, 6.07) is 11.8. The second-order valence-corrected chi connectivity index (χ2v) is 8.17. The zero-order chi connectivity index (χ0) is 22.0. The number of carbonyl (C=O) groups is 2.